The normalized spacial score (nSPS) is 24.7. The fourth-order valence-electron chi connectivity index (χ4n) is 1.26. The van der Waals surface area contributed by atoms with E-state index in [-0.39, 0.29) is 0 Å². The quantitative estimate of drug-likeness (QED) is 0.256. The first-order valence-corrected chi connectivity index (χ1v) is 3.42. The molecule has 0 unspecified atom stereocenters. The lowest BCUT2D eigenvalue weighted by molar-refractivity contribution is -0.140. The molecular weight excluding hydrogens is 148 g/mol. The molecule has 0 bridgehead atoms. The minimum Gasteiger partial charge on any atom is -0.480 e. The molecule has 1 atom stereocenters. The number of rotatable bonds is 2. The highest BCUT2D eigenvalue weighted by molar-refractivity contribution is 5.77. The Morgan fingerprint density at radius 3 is 3.00 bits per heavy atom. The SMILES string of the molecule is O=C(O)[C@@H]1CCCN1/C=N\O. The van der Waals surface area contributed by atoms with Gasteiger partial charge in [-0.15, -0.1) is 0 Å². The average molecular weight is 158 g/mol. The third-order valence-electron chi connectivity index (χ3n) is 1.78. The Labute approximate surface area is 63.9 Å². The van der Waals surface area contributed by atoms with E-state index in [2.05, 4.69) is 5.16 Å². The fraction of sp³-hybridized carbons (Fsp3) is 0.667. The van der Waals surface area contributed by atoms with E-state index >= 15 is 0 Å². The van der Waals surface area contributed by atoms with Crippen LogP contribution in [0.3, 0.4) is 0 Å². The highest BCUT2D eigenvalue weighted by atomic mass is 16.4. The highest BCUT2D eigenvalue weighted by Gasteiger charge is 2.28. The Hall–Kier alpha value is -1.26. The molecular formula is C6H10N2O3. The van der Waals surface area contributed by atoms with Crippen LogP contribution in [-0.2, 0) is 4.79 Å². The van der Waals surface area contributed by atoms with Gasteiger partial charge in [-0.05, 0) is 12.8 Å². The molecule has 0 aromatic rings. The summed E-state index contributed by atoms with van der Waals surface area (Å²) in [7, 11) is 0. The molecule has 1 saturated heterocycles. The van der Waals surface area contributed by atoms with E-state index in [4.69, 9.17) is 10.3 Å². The molecule has 0 radical (unpaired) electrons. The molecule has 2 N–H and O–H groups in total. The van der Waals surface area contributed by atoms with Crippen molar-refractivity contribution in [2.75, 3.05) is 6.54 Å². The lowest BCUT2D eigenvalue weighted by atomic mass is 10.2. The first-order chi connectivity index (χ1) is 5.25. The fourth-order valence-corrected chi connectivity index (χ4v) is 1.26. The van der Waals surface area contributed by atoms with Crippen LogP contribution in [0.15, 0.2) is 5.16 Å². The van der Waals surface area contributed by atoms with Gasteiger partial charge in [0.05, 0.1) is 0 Å². The van der Waals surface area contributed by atoms with Crippen LogP contribution in [-0.4, -0.2) is 40.1 Å². The number of carboxylic acid groups (broad SMARTS) is 1. The first-order valence-electron chi connectivity index (χ1n) is 3.42. The molecule has 1 heterocycles. The summed E-state index contributed by atoms with van der Waals surface area (Å²) in [6, 6.07) is -0.508. The predicted molar refractivity (Wildman–Crippen MR) is 37.6 cm³/mol. The van der Waals surface area contributed by atoms with Gasteiger partial charge in [-0.1, -0.05) is 5.16 Å². The summed E-state index contributed by atoms with van der Waals surface area (Å²) in [5.74, 6) is -0.859. The minimum absolute atomic E-state index is 0.508. The Bertz CT molecular complexity index is 181. The van der Waals surface area contributed by atoms with Crippen molar-refractivity contribution in [1.82, 2.24) is 4.90 Å². The zero-order valence-corrected chi connectivity index (χ0v) is 5.97. The molecule has 0 spiro atoms. The molecule has 0 saturated carbocycles. The van der Waals surface area contributed by atoms with E-state index < -0.39 is 12.0 Å². The third-order valence-corrected chi connectivity index (χ3v) is 1.78. The maximum Gasteiger partial charge on any atom is 0.326 e. The summed E-state index contributed by atoms with van der Waals surface area (Å²) in [6.45, 7) is 0.654. The van der Waals surface area contributed by atoms with Crippen LogP contribution in [0.25, 0.3) is 0 Å². The minimum atomic E-state index is -0.859. The molecule has 1 fully saturated rings. The van der Waals surface area contributed by atoms with Crippen LogP contribution in [0.2, 0.25) is 0 Å². The Balaban J connectivity index is 2.57. The number of aliphatic carboxylic acids is 1. The van der Waals surface area contributed by atoms with E-state index in [0.717, 1.165) is 12.8 Å². The van der Waals surface area contributed by atoms with Crippen molar-refractivity contribution in [3.63, 3.8) is 0 Å². The molecule has 0 aromatic heterocycles. The zero-order chi connectivity index (χ0) is 8.27. The molecule has 1 aliphatic heterocycles. The Kier molecular flexibility index (Phi) is 2.30. The standard InChI is InChI=1S/C6H10N2O3/c9-6(10)5-2-1-3-8(5)4-7-11/h4-5,11H,1-3H2,(H,9,10)/b7-4-/t5-/m0/s1. The van der Waals surface area contributed by atoms with Gasteiger partial charge in [0, 0.05) is 6.54 Å². The van der Waals surface area contributed by atoms with Crippen molar-refractivity contribution in [2.24, 2.45) is 5.16 Å². The molecule has 1 rings (SSSR count). The van der Waals surface area contributed by atoms with Gasteiger partial charge in [0.25, 0.3) is 0 Å². The van der Waals surface area contributed by atoms with Gasteiger partial charge in [-0.25, -0.2) is 4.79 Å². The van der Waals surface area contributed by atoms with Crippen LogP contribution in [0, 0.1) is 0 Å². The van der Waals surface area contributed by atoms with E-state index in [1.807, 2.05) is 0 Å². The van der Waals surface area contributed by atoms with Crippen LogP contribution >= 0.6 is 0 Å². The van der Waals surface area contributed by atoms with Crippen LogP contribution in [0.4, 0.5) is 0 Å². The monoisotopic (exact) mass is 158 g/mol. The number of oxime groups is 1. The van der Waals surface area contributed by atoms with E-state index in [1.54, 1.807) is 0 Å². The Morgan fingerprint density at radius 2 is 2.45 bits per heavy atom. The van der Waals surface area contributed by atoms with Gasteiger partial charge in [-0.3, -0.25) is 0 Å². The topological polar surface area (TPSA) is 73.1 Å². The van der Waals surface area contributed by atoms with Gasteiger partial charge < -0.3 is 15.2 Å². The van der Waals surface area contributed by atoms with Crippen molar-refractivity contribution >= 4 is 12.3 Å². The van der Waals surface area contributed by atoms with Gasteiger partial charge in [0.1, 0.15) is 12.4 Å². The molecule has 5 nitrogen and oxygen atoms in total. The first kappa shape index (κ1) is 7.84. The summed E-state index contributed by atoms with van der Waals surface area (Å²) in [6.07, 6.45) is 2.62. The van der Waals surface area contributed by atoms with Gasteiger partial charge in [-0.2, -0.15) is 0 Å². The smallest absolute Gasteiger partial charge is 0.326 e. The van der Waals surface area contributed by atoms with Crippen molar-refractivity contribution in [2.45, 2.75) is 18.9 Å². The maximum atomic E-state index is 10.5. The summed E-state index contributed by atoms with van der Waals surface area (Å²) in [5, 5.41) is 19.6. The zero-order valence-electron chi connectivity index (χ0n) is 5.97. The molecule has 0 aliphatic carbocycles. The van der Waals surface area contributed by atoms with E-state index in [0.29, 0.717) is 13.0 Å². The van der Waals surface area contributed by atoms with Crippen molar-refractivity contribution < 1.29 is 15.1 Å². The second-order valence-corrected chi connectivity index (χ2v) is 2.47. The number of hydrogen-bond donors (Lipinski definition) is 2. The van der Waals surface area contributed by atoms with Gasteiger partial charge in [0.15, 0.2) is 0 Å². The lowest BCUT2D eigenvalue weighted by Crippen LogP contribution is -2.34. The van der Waals surface area contributed by atoms with Gasteiger partial charge >= 0.3 is 5.97 Å². The maximum absolute atomic E-state index is 10.5. The molecule has 0 aromatic carbocycles. The number of carbonyl (C=O) groups is 1. The van der Waals surface area contributed by atoms with Crippen LogP contribution < -0.4 is 0 Å². The summed E-state index contributed by atoms with van der Waals surface area (Å²) in [4.78, 5) is 12.0. The molecule has 0 amide bonds. The van der Waals surface area contributed by atoms with Crippen molar-refractivity contribution in [1.29, 1.82) is 0 Å². The van der Waals surface area contributed by atoms with E-state index in [9.17, 15) is 4.79 Å². The molecule has 11 heavy (non-hydrogen) atoms. The van der Waals surface area contributed by atoms with Crippen LogP contribution in [0.1, 0.15) is 12.8 Å². The third kappa shape index (κ3) is 1.60. The summed E-state index contributed by atoms with van der Waals surface area (Å²) >= 11 is 0. The number of carboxylic acids is 1. The molecule has 5 heteroatoms. The summed E-state index contributed by atoms with van der Waals surface area (Å²) < 4.78 is 0. The highest BCUT2D eigenvalue weighted by Crippen LogP contribution is 2.14. The molecule has 1 aliphatic rings. The van der Waals surface area contributed by atoms with Crippen LogP contribution in [0.5, 0.6) is 0 Å². The predicted octanol–water partition coefficient (Wildman–Crippen LogP) is -0.0471. The second kappa shape index (κ2) is 3.23. The van der Waals surface area contributed by atoms with E-state index in [1.165, 1.54) is 4.90 Å². The van der Waals surface area contributed by atoms with Gasteiger partial charge in [0.2, 0.25) is 0 Å². The summed E-state index contributed by atoms with van der Waals surface area (Å²) in [5.41, 5.74) is 0. The lowest BCUT2D eigenvalue weighted by Gasteiger charge is -2.15. The van der Waals surface area contributed by atoms with Crippen molar-refractivity contribution in [3.05, 3.63) is 0 Å². The number of likely N-dealkylation sites (tertiary alicyclic amines) is 1. The molecule has 62 valence electrons. The largest absolute Gasteiger partial charge is 0.480 e. The second-order valence-electron chi connectivity index (χ2n) is 2.47. The number of hydrogen-bond acceptors (Lipinski definition) is 3. The Morgan fingerprint density at radius 1 is 1.73 bits per heavy atom. The van der Waals surface area contributed by atoms with Crippen molar-refractivity contribution in [3.8, 4) is 0 Å². The number of nitrogens with zero attached hydrogens (tertiary/aromatic N) is 2. The average Bonchev–Trinajstić information content (AvgIpc) is 2.36.